The lowest BCUT2D eigenvalue weighted by molar-refractivity contribution is 0.103. The fourth-order valence-corrected chi connectivity index (χ4v) is 3.16. The van der Waals surface area contributed by atoms with Crippen LogP contribution in [0.25, 0.3) is 0 Å². The van der Waals surface area contributed by atoms with Crippen molar-refractivity contribution >= 4 is 67.5 Å². The Hall–Kier alpha value is -0.300. The van der Waals surface area contributed by atoms with Gasteiger partial charge in [0.1, 0.15) is 5.75 Å². The summed E-state index contributed by atoms with van der Waals surface area (Å²) >= 11 is 17.9. The minimum absolute atomic E-state index is 0.185. The summed E-state index contributed by atoms with van der Waals surface area (Å²) in [7, 11) is 0. The summed E-state index contributed by atoms with van der Waals surface area (Å²) in [4.78, 5) is 12.6. The van der Waals surface area contributed by atoms with Gasteiger partial charge in [-0.1, -0.05) is 39.1 Å². The largest absolute Gasteiger partial charge is 0.492 e. The molecule has 0 amide bonds. The average Bonchev–Trinajstić information content (AvgIpc) is 2.44. The number of ether oxygens (including phenoxy) is 1. The standard InChI is InChI=1S/C15H10BrCl2IO2/c1-2-21-14-7-12(17)10(6-13(14)18)15(20)9-5-8(19)3-4-11(9)16/h3-7H,2H2,1H3. The Balaban J connectivity index is 2.49. The summed E-state index contributed by atoms with van der Waals surface area (Å²) < 4.78 is 7.04. The van der Waals surface area contributed by atoms with Crippen LogP contribution in [0.5, 0.6) is 5.75 Å². The lowest BCUT2D eigenvalue weighted by Crippen LogP contribution is -2.05. The Morgan fingerprint density at radius 2 is 1.90 bits per heavy atom. The molecule has 6 heteroatoms. The number of rotatable bonds is 4. The molecule has 0 atom stereocenters. The van der Waals surface area contributed by atoms with Gasteiger partial charge in [0.15, 0.2) is 5.78 Å². The molecule has 2 aromatic rings. The molecule has 2 aromatic carbocycles. The van der Waals surface area contributed by atoms with Crippen molar-refractivity contribution in [3.63, 3.8) is 0 Å². The number of halogens is 4. The highest BCUT2D eigenvalue weighted by Crippen LogP contribution is 2.33. The SMILES string of the molecule is CCOc1cc(Cl)c(C(=O)c2cc(I)ccc2Br)cc1Cl. The third-order valence-electron chi connectivity index (χ3n) is 2.74. The first-order valence-electron chi connectivity index (χ1n) is 6.05. The highest BCUT2D eigenvalue weighted by molar-refractivity contribution is 14.1. The Morgan fingerprint density at radius 3 is 2.57 bits per heavy atom. The zero-order valence-electron chi connectivity index (χ0n) is 10.9. The topological polar surface area (TPSA) is 26.3 Å². The van der Waals surface area contributed by atoms with Gasteiger partial charge in [-0.3, -0.25) is 4.79 Å². The molecule has 0 unspecified atom stereocenters. The zero-order valence-corrected chi connectivity index (χ0v) is 16.2. The number of ketones is 1. The number of hydrogen-bond donors (Lipinski definition) is 0. The Labute approximate surface area is 155 Å². The van der Waals surface area contributed by atoms with E-state index in [0.29, 0.717) is 38.0 Å². The minimum Gasteiger partial charge on any atom is -0.492 e. The van der Waals surface area contributed by atoms with Crippen LogP contribution in [0.3, 0.4) is 0 Å². The van der Waals surface area contributed by atoms with Gasteiger partial charge >= 0.3 is 0 Å². The summed E-state index contributed by atoms with van der Waals surface area (Å²) in [6.45, 7) is 2.33. The summed E-state index contributed by atoms with van der Waals surface area (Å²) in [5, 5.41) is 0.685. The number of benzene rings is 2. The van der Waals surface area contributed by atoms with Crippen molar-refractivity contribution in [2.24, 2.45) is 0 Å². The summed E-state index contributed by atoms with van der Waals surface area (Å²) in [5.74, 6) is 0.290. The third-order valence-corrected chi connectivity index (χ3v) is 4.71. The van der Waals surface area contributed by atoms with Gasteiger partial charge in [0.25, 0.3) is 0 Å². The second kappa shape index (κ2) is 7.31. The minimum atomic E-state index is -0.185. The second-order valence-corrected chi connectivity index (χ2v) is 7.06. The first-order valence-corrected chi connectivity index (χ1v) is 8.68. The average molecular weight is 500 g/mol. The zero-order chi connectivity index (χ0) is 15.6. The smallest absolute Gasteiger partial charge is 0.195 e. The maximum atomic E-state index is 12.6. The van der Waals surface area contributed by atoms with E-state index in [2.05, 4.69) is 38.5 Å². The van der Waals surface area contributed by atoms with Crippen LogP contribution in [0.2, 0.25) is 10.0 Å². The van der Waals surface area contributed by atoms with Crippen molar-refractivity contribution in [2.45, 2.75) is 6.92 Å². The van der Waals surface area contributed by atoms with Crippen LogP contribution in [0.1, 0.15) is 22.8 Å². The maximum Gasteiger partial charge on any atom is 0.195 e. The van der Waals surface area contributed by atoms with Crippen molar-refractivity contribution in [2.75, 3.05) is 6.61 Å². The van der Waals surface area contributed by atoms with Crippen LogP contribution in [-0.4, -0.2) is 12.4 Å². The molecule has 0 saturated carbocycles. The van der Waals surface area contributed by atoms with Crippen LogP contribution < -0.4 is 4.74 Å². The molecule has 0 aromatic heterocycles. The molecule has 21 heavy (non-hydrogen) atoms. The fourth-order valence-electron chi connectivity index (χ4n) is 1.79. The summed E-state index contributed by atoms with van der Waals surface area (Å²) in [5.41, 5.74) is 0.900. The van der Waals surface area contributed by atoms with Crippen molar-refractivity contribution in [3.05, 3.63) is 59.5 Å². The molecule has 0 aliphatic heterocycles. The Bertz CT molecular complexity index is 704. The van der Waals surface area contributed by atoms with E-state index < -0.39 is 0 Å². The molecular weight excluding hydrogens is 490 g/mol. The molecule has 0 spiro atoms. The van der Waals surface area contributed by atoms with Crippen LogP contribution in [-0.2, 0) is 0 Å². The number of carbonyl (C=O) groups is 1. The van der Waals surface area contributed by atoms with Gasteiger partial charge in [0.2, 0.25) is 0 Å². The maximum absolute atomic E-state index is 12.6. The van der Waals surface area contributed by atoms with E-state index in [1.807, 2.05) is 19.1 Å². The fraction of sp³-hybridized carbons (Fsp3) is 0.133. The Kier molecular flexibility index (Phi) is 5.94. The van der Waals surface area contributed by atoms with E-state index in [9.17, 15) is 4.79 Å². The second-order valence-electron chi connectivity index (χ2n) is 4.15. The molecule has 0 heterocycles. The molecule has 2 nitrogen and oxygen atoms in total. The lowest BCUT2D eigenvalue weighted by atomic mass is 10.0. The van der Waals surface area contributed by atoms with Gasteiger partial charge in [-0.05, 0) is 53.8 Å². The van der Waals surface area contributed by atoms with Gasteiger partial charge in [0.05, 0.1) is 16.7 Å². The molecule has 0 N–H and O–H groups in total. The highest BCUT2D eigenvalue weighted by atomic mass is 127. The number of carbonyl (C=O) groups excluding carboxylic acids is 1. The van der Waals surface area contributed by atoms with Crippen LogP contribution in [0.15, 0.2) is 34.8 Å². The van der Waals surface area contributed by atoms with Gasteiger partial charge in [0, 0.05) is 25.2 Å². The first-order chi connectivity index (χ1) is 9.93. The quantitative estimate of drug-likeness (QED) is 0.381. The van der Waals surface area contributed by atoms with Crippen molar-refractivity contribution in [1.82, 2.24) is 0 Å². The van der Waals surface area contributed by atoms with Gasteiger partial charge in [-0.2, -0.15) is 0 Å². The first kappa shape index (κ1) is 17.1. The summed E-state index contributed by atoms with van der Waals surface area (Å²) in [6, 6.07) is 8.66. The normalized spacial score (nSPS) is 10.5. The highest BCUT2D eigenvalue weighted by Gasteiger charge is 2.18. The van der Waals surface area contributed by atoms with Gasteiger partial charge in [-0.15, -0.1) is 0 Å². The van der Waals surface area contributed by atoms with Gasteiger partial charge < -0.3 is 4.74 Å². The van der Waals surface area contributed by atoms with E-state index in [1.54, 1.807) is 18.2 Å². The molecule has 110 valence electrons. The van der Waals surface area contributed by atoms with E-state index in [1.165, 1.54) is 0 Å². The summed E-state index contributed by atoms with van der Waals surface area (Å²) in [6.07, 6.45) is 0. The number of hydrogen-bond acceptors (Lipinski definition) is 2. The van der Waals surface area contributed by atoms with E-state index in [0.717, 1.165) is 3.57 Å². The molecule has 0 bridgehead atoms. The predicted octanol–water partition coefficient (Wildman–Crippen LogP) is 5.99. The van der Waals surface area contributed by atoms with Crippen molar-refractivity contribution in [1.29, 1.82) is 0 Å². The Morgan fingerprint density at radius 1 is 1.19 bits per heavy atom. The molecular formula is C15H10BrCl2IO2. The predicted molar refractivity (Wildman–Crippen MR) is 97.9 cm³/mol. The molecule has 0 aliphatic rings. The van der Waals surface area contributed by atoms with E-state index in [4.69, 9.17) is 27.9 Å². The molecule has 0 saturated heterocycles. The molecule has 0 aliphatic carbocycles. The molecule has 0 radical (unpaired) electrons. The molecule has 2 rings (SSSR count). The van der Waals surface area contributed by atoms with Crippen LogP contribution >= 0.6 is 61.7 Å². The monoisotopic (exact) mass is 498 g/mol. The lowest BCUT2D eigenvalue weighted by Gasteiger charge is -2.10. The third kappa shape index (κ3) is 3.92. The van der Waals surface area contributed by atoms with Gasteiger partial charge in [-0.25, -0.2) is 0 Å². The van der Waals surface area contributed by atoms with Crippen LogP contribution in [0, 0.1) is 3.57 Å². The van der Waals surface area contributed by atoms with Crippen molar-refractivity contribution < 1.29 is 9.53 Å². The molecule has 0 fully saturated rings. The van der Waals surface area contributed by atoms with E-state index >= 15 is 0 Å². The van der Waals surface area contributed by atoms with Crippen LogP contribution in [0.4, 0.5) is 0 Å². The van der Waals surface area contributed by atoms with Crippen molar-refractivity contribution in [3.8, 4) is 5.75 Å². The van der Waals surface area contributed by atoms with E-state index in [-0.39, 0.29) is 5.78 Å².